The lowest BCUT2D eigenvalue weighted by atomic mass is 10.3. The van der Waals surface area contributed by atoms with E-state index in [-0.39, 0.29) is 12.5 Å². The molecule has 2 N–H and O–H groups in total. The summed E-state index contributed by atoms with van der Waals surface area (Å²) in [4.78, 5) is 7.60. The highest BCUT2D eigenvalue weighted by molar-refractivity contribution is 5.80. The van der Waals surface area contributed by atoms with Gasteiger partial charge >= 0.3 is 6.18 Å². The summed E-state index contributed by atoms with van der Waals surface area (Å²) < 4.78 is 42.5. The number of aliphatic imine (C=N–C) groups is 1. The Morgan fingerprint density at radius 1 is 1.35 bits per heavy atom. The second-order valence-corrected chi connectivity index (χ2v) is 4.14. The molecular weight excluding hydrogens is 273 g/mol. The molecule has 0 amide bonds. The number of nitrogens with one attached hydrogen (secondary N) is 2. The number of ether oxygens (including phenoxy) is 1. The van der Waals surface area contributed by atoms with Gasteiger partial charge in [-0.3, -0.25) is 4.99 Å². The number of pyridine rings is 1. The molecule has 110 valence electrons. The molecule has 0 unspecified atom stereocenters. The fourth-order valence-electron chi connectivity index (χ4n) is 1.63. The molecular formula is C12H15F3N4O. The third-order valence-electron chi connectivity index (χ3n) is 2.56. The van der Waals surface area contributed by atoms with Gasteiger partial charge < -0.3 is 15.4 Å². The van der Waals surface area contributed by atoms with E-state index in [1.54, 1.807) is 0 Å². The van der Waals surface area contributed by atoms with E-state index in [0.717, 1.165) is 25.6 Å². The summed E-state index contributed by atoms with van der Waals surface area (Å²) in [7, 11) is 0. The summed E-state index contributed by atoms with van der Waals surface area (Å²) in [6.45, 7) is 2.27. The molecule has 1 aromatic heterocycles. The maximum Gasteiger partial charge on any atom is 0.433 e. The topological polar surface area (TPSA) is 58.5 Å². The summed E-state index contributed by atoms with van der Waals surface area (Å²) >= 11 is 0. The van der Waals surface area contributed by atoms with E-state index < -0.39 is 11.9 Å². The third-order valence-corrected chi connectivity index (χ3v) is 2.56. The van der Waals surface area contributed by atoms with Crippen LogP contribution in [0.2, 0.25) is 0 Å². The summed E-state index contributed by atoms with van der Waals surface area (Å²) in [6, 6.07) is 3.57. The number of halogens is 3. The predicted octanol–water partition coefficient (Wildman–Crippen LogP) is 1.42. The Balaban J connectivity index is 1.78. The summed E-state index contributed by atoms with van der Waals surface area (Å²) in [5.41, 5.74) is -0.957. The molecule has 0 bridgehead atoms. The van der Waals surface area contributed by atoms with Gasteiger partial charge in [0.1, 0.15) is 12.3 Å². The van der Waals surface area contributed by atoms with Gasteiger partial charge in [-0.1, -0.05) is 6.07 Å². The zero-order valence-electron chi connectivity index (χ0n) is 10.7. The van der Waals surface area contributed by atoms with Crippen molar-refractivity contribution in [2.24, 2.45) is 4.99 Å². The Morgan fingerprint density at radius 3 is 2.90 bits per heavy atom. The van der Waals surface area contributed by atoms with Crippen molar-refractivity contribution in [3.05, 3.63) is 23.9 Å². The predicted molar refractivity (Wildman–Crippen MR) is 67.7 cm³/mol. The highest BCUT2D eigenvalue weighted by Crippen LogP contribution is 2.28. The van der Waals surface area contributed by atoms with Crippen molar-refractivity contribution in [1.29, 1.82) is 0 Å². The highest BCUT2D eigenvalue weighted by Gasteiger charge is 2.32. The Hall–Kier alpha value is -1.99. The van der Waals surface area contributed by atoms with Gasteiger partial charge in [0.25, 0.3) is 0 Å². The normalized spacial score (nSPS) is 15.2. The molecule has 2 rings (SSSR count). The Labute approximate surface area is 114 Å². The van der Waals surface area contributed by atoms with Gasteiger partial charge in [0.15, 0.2) is 5.96 Å². The maximum absolute atomic E-state index is 12.4. The zero-order chi connectivity index (χ0) is 14.4. The smallest absolute Gasteiger partial charge is 0.433 e. The van der Waals surface area contributed by atoms with E-state index >= 15 is 0 Å². The zero-order valence-corrected chi connectivity index (χ0v) is 10.7. The Morgan fingerprint density at radius 2 is 2.20 bits per heavy atom. The van der Waals surface area contributed by atoms with Crippen LogP contribution >= 0.6 is 0 Å². The van der Waals surface area contributed by atoms with Crippen LogP contribution in [0, 0.1) is 0 Å². The van der Waals surface area contributed by atoms with Gasteiger partial charge in [-0.05, 0) is 12.5 Å². The lowest BCUT2D eigenvalue weighted by molar-refractivity contribution is -0.141. The minimum Gasteiger partial charge on any atom is -0.476 e. The van der Waals surface area contributed by atoms with Gasteiger partial charge in [0.05, 0.1) is 6.54 Å². The quantitative estimate of drug-likeness (QED) is 0.823. The molecule has 0 saturated carbocycles. The fraction of sp³-hybridized carbons (Fsp3) is 0.500. The number of guanidine groups is 1. The van der Waals surface area contributed by atoms with Crippen LogP contribution in [-0.4, -0.2) is 37.2 Å². The summed E-state index contributed by atoms with van der Waals surface area (Å²) in [5, 5.41) is 6.07. The molecule has 1 aliphatic heterocycles. The van der Waals surface area contributed by atoms with Crippen LogP contribution in [0.5, 0.6) is 5.88 Å². The van der Waals surface area contributed by atoms with Crippen molar-refractivity contribution in [3.63, 3.8) is 0 Å². The highest BCUT2D eigenvalue weighted by atomic mass is 19.4. The summed E-state index contributed by atoms with van der Waals surface area (Å²) in [6.07, 6.45) is -3.46. The average Bonchev–Trinajstić information content (AvgIpc) is 2.44. The molecule has 0 aliphatic carbocycles. The van der Waals surface area contributed by atoms with E-state index in [4.69, 9.17) is 4.74 Å². The van der Waals surface area contributed by atoms with Gasteiger partial charge in [-0.15, -0.1) is 0 Å². The summed E-state index contributed by atoms with van der Waals surface area (Å²) in [5.74, 6) is 0.650. The van der Waals surface area contributed by atoms with E-state index in [1.807, 2.05) is 0 Å². The van der Waals surface area contributed by atoms with E-state index in [0.29, 0.717) is 12.5 Å². The molecule has 0 radical (unpaired) electrons. The molecule has 5 nitrogen and oxygen atoms in total. The second kappa shape index (κ2) is 6.44. The number of alkyl halides is 3. The number of nitrogens with zero attached hydrogens (tertiary/aromatic N) is 2. The maximum atomic E-state index is 12.4. The monoisotopic (exact) mass is 288 g/mol. The van der Waals surface area contributed by atoms with Crippen LogP contribution in [0.3, 0.4) is 0 Å². The van der Waals surface area contributed by atoms with Crippen molar-refractivity contribution in [3.8, 4) is 5.88 Å². The number of hydrogen-bond acceptors (Lipinski definition) is 5. The first-order valence-corrected chi connectivity index (χ1v) is 6.25. The standard InChI is InChI=1S/C12H15F3N4O/c13-12(14,15)9-3-1-4-10(19-9)20-8-7-18-11-16-5-2-6-17-11/h1,3-4H,2,5-8H2,(H2,16,17,18). The average molecular weight is 288 g/mol. The minimum atomic E-state index is -4.46. The van der Waals surface area contributed by atoms with Crippen molar-refractivity contribution in [2.45, 2.75) is 12.6 Å². The Kier molecular flexibility index (Phi) is 4.65. The van der Waals surface area contributed by atoms with Crippen LogP contribution in [0.4, 0.5) is 13.2 Å². The van der Waals surface area contributed by atoms with E-state index in [1.165, 1.54) is 12.1 Å². The Bertz CT molecular complexity index is 476. The third kappa shape index (κ3) is 4.29. The molecule has 0 aromatic carbocycles. The SMILES string of the molecule is FC(F)(F)c1cccc(OCCNC2=NCCCN2)n1. The van der Waals surface area contributed by atoms with Gasteiger partial charge in [-0.2, -0.15) is 13.2 Å². The number of aromatic nitrogens is 1. The largest absolute Gasteiger partial charge is 0.476 e. The first-order chi connectivity index (χ1) is 9.55. The van der Waals surface area contributed by atoms with E-state index in [9.17, 15) is 13.2 Å². The fourth-order valence-corrected chi connectivity index (χ4v) is 1.63. The lowest BCUT2D eigenvalue weighted by Gasteiger charge is -2.16. The van der Waals surface area contributed by atoms with Crippen molar-refractivity contribution >= 4 is 5.96 Å². The van der Waals surface area contributed by atoms with Crippen molar-refractivity contribution in [1.82, 2.24) is 15.6 Å². The van der Waals surface area contributed by atoms with Gasteiger partial charge in [0.2, 0.25) is 5.88 Å². The molecule has 20 heavy (non-hydrogen) atoms. The van der Waals surface area contributed by atoms with E-state index in [2.05, 4.69) is 20.6 Å². The minimum absolute atomic E-state index is 0.0415. The number of hydrogen-bond donors (Lipinski definition) is 2. The van der Waals surface area contributed by atoms with Crippen molar-refractivity contribution < 1.29 is 17.9 Å². The lowest BCUT2D eigenvalue weighted by Crippen LogP contribution is -2.42. The molecule has 0 spiro atoms. The molecule has 1 aromatic rings. The molecule has 1 aliphatic rings. The molecule has 0 atom stereocenters. The second-order valence-electron chi connectivity index (χ2n) is 4.14. The van der Waals surface area contributed by atoms with Gasteiger partial charge in [0, 0.05) is 19.2 Å². The van der Waals surface area contributed by atoms with Crippen LogP contribution < -0.4 is 15.4 Å². The molecule has 2 heterocycles. The number of rotatable bonds is 4. The first kappa shape index (κ1) is 14.4. The van der Waals surface area contributed by atoms with Crippen LogP contribution in [-0.2, 0) is 6.18 Å². The molecule has 0 fully saturated rings. The van der Waals surface area contributed by atoms with Crippen LogP contribution in [0.25, 0.3) is 0 Å². The van der Waals surface area contributed by atoms with Crippen molar-refractivity contribution in [2.75, 3.05) is 26.2 Å². The molecule has 0 saturated heterocycles. The first-order valence-electron chi connectivity index (χ1n) is 6.25. The van der Waals surface area contributed by atoms with Crippen LogP contribution in [0.15, 0.2) is 23.2 Å². The van der Waals surface area contributed by atoms with Gasteiger partial charge in [-0.25, -0.2) is 4.98 Å². The molecule has 8 heteroatoms. The van der Waals surface area contributed by atoms with Crippen LogP contribution in [0.1, 0.15) is 12.1 Å².